The lowest BCUT2D eigenvalue weighted by Gasteiger charge is -2.32. The summed E-state index contributed by atoms with van der Waals surface area (Å²) in [6.07, 6.45) is 3.34. The average Bonchev–Trinajstić information content (AvgIpc) is 2.98. The lowest BCUT2D eigenvalue weighted by atomic mass is 9.77. The molecule has 1 unspecified atom stereocenters. The summed E-state index contributed by atoms with van der Waals surface area (Å²) < 4.78 is 21.8. The topological polar surface area (TPSA) is 61.7 Å². The number of amides is 1. The van der Waals surface area contributed by atoms with Crippen LogP contribution in [0, 0.1) is 0 Å². The number of rotatable bonds is 10. The number of ether oxygens (including phenoxy) is 4. The lowest BCUT2D eigenvalue weighted by Crippen LogP contribution is -3.09. The van der Waals surface area contributed by atoms with Crippen LogP contribution in [0.5, 0.6) is 23.0 Å². The van der Waals surface area contributed by atoms with Crippen molar-refractivity contribution in [3.63, 3.8) is 0 Å². The Kier molecular flexibility index (Phi) is 7.51. The van der Waals surface area contributed by atoms with Crippen molar-refractivity contribution in [3.05, 3.63) is 46.5 Å². The quantitative estimate of drug-likeness (QED) is 0.576. The Balaban J connectivity index is 1.28. The van der Waals surface area contributed by atoms with Gasteiger partial charge in [0, 0.05) is 25.4 Å². The second-order valence-electron chi connectivity index (χ2n) is 9.36. The first-order valence-electron chi connectivity index (χ1n) is 12.0. The van der Waals surface area contributed by atoms with Gasteiger partial charge in [0.15, 0.2) is 23.0 Å². The van der Waals surface area contributed by atoms with Crippen LogP contribution in [0.25, 0.3) is 0 Å². The fourth-order valence-corrected chi connectivity index (χ4v) is 5.27. The van der Waals surface area contributed by atoms with E-state index in [0.29, 0.717) is 18.1 Å². The van der Waals surface area contributed by atoms with E-state index in [1.54, 1.807) is 28.4 Å². The molecule has 2 atom stereocenters. The summed E-state index contributed by atoms with van der Waals surface area (Å²) >= 11 is 0. The summed E-state index contributed by atoms with van der Waals surface area (Å²) in [4.78, 5) is 16.4. The van der Waals surface area contributed by atoms with E-state index in [1.165, 1.54) is 21.6 Å². The van der Waals surface area contributed by atoms with E-state index in [1.807, 2.05) is 17.0 Å². The fraction of sp³-hybridized carbons (Fsp3) is 0.519. The molecule has 1 aliphatic carbocycles. The van der Waals surface area contributed by atoms with E-state index < -0.39 is 0 Å². The minimum atomic E-state index is 0.192. The SMILES string of the molecule is COc1cc2c(cc1OC)CC(=O)N(CCC[NH+](C)C[C@@H]1Cc3cc(OC)c(OC)cc31)CC2. The van der Waals surface area contributed by atoms with Crippen LogP contribution in [0.2, 0.25) is 0 Å². The third-order valence-electron chi connectivity index (χ3n) is 7.23. The van der Waals surface area contributed by atoms with Crippen LogP contribution < -0.4 is 23.8 Å². The van der Waals surface area contributed by atoms with Crippen molar-refractivity contribution >= 4 is 5.91 Å². The second kappa shape index (κ2) is 10.6. The Morgan fingerprint density at radius 2 is 1.47 bits per heavy atom. The Morgan fingerprint density at radius 1 is 0.882 bits per heavy atom. The van der Waals surface area contributed by atoms with Gasteiger partial charge >= 0.3 is 0 Å². The zero-order valence-electron chi connectivity index (χ0n) is 21.0. The highest BCUT2D eigenvalue weighted by Crippen LogP contribution is 2.41. The first-order chi connectivity index (χ1) is 16.5. The number of methoxy groups -OCH3 is 4. The number of carbonyl (C=O) groups excluding carboxylic acids is 1. The minimum Gasteiger partial charge on any atom is -0.493 e. The first kappa shape index (κ1) is 24.2. The van der Waals surface area contributed by atoms with Gasteiger partial charge in [-0.2, -0.15) is 0 Å². The number of quaternary nitrogens is 1. The highest BCUT2D eigenvalue weighted by molar-refractivity contribution is 5.80. The van der Waals surface area contributed by atoms with E-state index in [-0.39, 0.29) is 5.91 Å². The summed E-state index contributed by atoms with van der Waals surface area (Å²) in [6, 6.07) is 8.21. The normalized spacial score (nSPS) is 17.7. The number of hydrogen-bond donors (Lipinski definition) is 1. The van der Waals surface area contributed by atoms with Crippen LogP contribution >= 0.6 is 0 Å². The Labute approximate surface area is 202 Å². The molecule has 4 rings (SSSR count). The average molecular weight is 470 g/mol. The molecule has 1 N–H and O–H groups in total. The first-order valence-corrected chi connectivity index (χ1v) is 12.0. The molecule has 0 saturated heterocycles. The van der Waals surface area contributed by atoms with Crippen molar-refractivity contribution in [1.29, 1.82) is 0 Å². The lowest BCUT2D eigenvalue weighted by molar-refractivity contribution is -0.881. The van der Waals surface area contributed by atoms with Crippen LogP contribution in [-0.4, -0.2) is 72.5 Å². The second-order valence-corrected chi connectivity index (χ2v) is 9.36. The van der Waals surface area contributed by atoms with Gasteiger partial charge in [0.25, 0.3) is 0 Å². The molecule has 0 saturated carbocycles. The van der Waals surface area contributed by atoms with Gasteiger partial charge in [-0.05, 0) is 59.4 Å². The van der Waals surface area contributed by atoms with Gasteiger partial charge in [-0.1, -0.05) is 0 Å². The molecule has 1 amide bonds. The van der Waals surface area contributed by atoms with Gasteiger partial charge in [0.05, 0.1) is 55.0 Å². The van der Waals surface area contributed by atoms with E-state index in [0.717, 1.165) is 68.3 Å². The van der Waals surface area contributed by atoms with Crippen molar-refractivity contribution in [1.82, 2.24) is 4.90 Å². The summed E-state index contributed by atoms with van der Waals surface area (Å²) in [5.41, 5.74) is 4.96. The van der Waals surface area contributed by atoms with Gasteiger partial charge in [-0.25, -0.2) is 0 Å². The van der Waals surface area contributed by atoms with Crippen molar-refractivity contribution in [2.24, 2.45) is 0 Å². The van der Waals surface area contributed by atoms with E-state index in [2.05, 4.69) is 19.2 Å². The molecule has 0 spiro atoms. The number of fused-ring (bicyclic) bond motifs is 2. The van der Waals surface area contributed by atoms with Crippen LogP contribution in [-0.2, 0) is 24.1 Å². The molecule has 2 aromatic carbocycles. The molecule has 0 bridgehead atoms. The standard InChI is InChI=1S/C27H36N2O5/c1-28(17-21-11-20-14-25(33-4)26(34-5)16-22(20)21)8-6-9-29-10-7-18-12-23(31-2)24(32-3)13-19(18)15-27(29)30/h12-14,16,21H,6-11,15,17H2,1-5H3/p+1/t21-/m0/s1. The van der Waals surface area contributed by atoms with Crippen molar-refractivity contribution < 1.29 is 28.6 Å². The molecule has 7 nitrogen and oxygen atoms in total. The zero-order chi connectivity index (χ0) is 24.2. The third kappa shape index (κ3) is 4.94. The predicted molar refractivity (Wildman–Crippen MR) is 131 cm³/mol. The van der Waals surface area contributed by atoms with Gasteiger partial charge in [0.1, 0.15) is 0 Å². The highest BCUT2D eigenvalue weighted by Gasteiger charge is 2.31. The molecular formula is C27H37N2O5+. The maximum atomic E-state index is 12.9. The van der Waals surface area contributed by atoms with E-state index >= 15 is 0 Å². The molecule has 7 heteroatoms. The van der Waals surface area contributed by atoms with Gasteiger partial charge in [0.2, 0.25) is 5.91 Å². The number of nitrogens with zero attached hydrogens (tertiary/aromatic N) is 1. The van der Waals surface area contributed by atoms with Crippen molar-refractivity contribution in [3.8, 4) is 23.0 Å². The van der Waals surface area contributed by atoms with Crippen LogP contribution in [0.4, 0.5) is 0 Å². The summed E-state index contributed by atoms with van der Waals surface area (Å²) in [7, 11) is 8.89. The van der Waals surface area contributed by atoms with Crippen molar-refractivity contribution in [2.45, 2.75) is 31.6 Å². The van der Waals surface area contributed by atoms with Gasteiger partial charge in [-0.15, -0.1) is 0 Å². The smallest absolute Gasteiger partial charge is 0.227 e. The van der Waals surface area contributed by atoms with E-state index in [9.17, 15) is 4.79 Å². The van der Waals surface area contributed by atoms with Gasteiger partial charge < -0.3 is 28.7 Å². The van der Waals surface area contributed by atoms with Gasteiger partial charge in [-0.3, -0.25) is 4.79 Å². The number of likely N-dealkylation sites (N-methyl/N-ethyl adjacent to an activating group) is 1. The third-order valence-corrected chi connectivity index (χ3v) is 7.23. The highest BCUT2D eigenvalue weighted by atomic mass is 16.5. The van der Waals surface area contributed by atoms with Crippen LogP contribution in [0.15, 0.2) is 24.3 Å². The fourth-order valence-electron chi connectivity index (χ4n) is 5.27. The number of carbonyl (C=O) groups is 1. The summed E-state index contributed by atoms with van der Waals surface area (Å²) in [5.74, 6) is 3.76. The molecule has 34 heavy (non-hydrogen) atoms. The summed E-state index contributed by atoms with van der Waals surface area (Å²) in [5, 5.41) is 0. The molecule has 1 heterocycles. The molecule has 184 valence electrons. The molecular weight excluding hydrogens is 432 g/mol. The number of nitrogens with one attached hydrogen (secondary N) is 1. The Hall–Kier alpha value is -2.93. The van der Waals surface area contributed by atoms with E-state index in [4.69, 9.17) is 18.9 Å². The largest absolute Gasteiger partial charge is 0.493 e. The molecule has 0 radical (unpaired) electrons. The zero-order valence-corrected chi connectivity index (χ0v) is 21.0. The maximum Gasteiger partial charge on any atom is 0.227 e. The molecule has 2 aromatic rings. The molecule has 0 fully saturated rings. The predicted octanol–water partition coefficient (Wildman–Crippen LogP) is 1.89. The minimum absolute atomic E-state index is 0.192. The maximum absolute atomic E-state index is 12.9. The Morgan fingerprint density at radius 3 is 2.12 bits per heavy atom. The van der Waals surface area contributed by atoms with Crippen LogP contribution in [0.1, 0.15) is 34.6 Å². The van der Waals surface area contributed by atoms with Crippen LogP contribution in [0.3, 0.4) is 0 Å². The Bertz CT molecular complexity index is 1040. The molecule has 2 aliphatic rings. The number of hydrogen-bond acceptors (Lipinski definition) is 5. The summed E-state index contributed by atoms with van der Waals surface area (Å²) in [6.45, 7) is 3.67. The molecule has 0 aromatic heterocycles. The molecule has 1 aliphatic heterocycles. The number of benzene rings is 2. The monoisotopic (exact) mass is 469 g/mol. The van der Waals surface area contributed by atoms with Crippen molar-refractivity contribution in [2.75, 3.05) is 61.7 Å².